The van der Waals surface area contributed by atoms with Crippen LogP contribution in [-0.2, 0) is 0 Å². The van der Waals surface area contributed by atoms with Crippen LogP contribution >= 0.6 is 0 Å². The van der Waals surface area contributed by atoms with Crippen molar-refractivity contribution < 1.29 is 17.6 Å². The summed E-state index contributed by atoms with van der Waals surface area (Å²) in [6.45, 7) is 9.33. The molecule has 0 bridgehead atoms. The second-order valence-electron chi connectivity index (χ2n) is 8.69. The molecule has 37 heavy (non-hydrogen) atoms. The fourth-order valence-corrected chi connectivity index (χ4v) is 5.11. The molecule has 4 nitrogen and oxygen atoms in total. The van der Waals surface area contributed by atoms with Crippen molar-refractivity contribution in [1.82, 2.24) is 0 Å². The van der Waals surface area contributed by atoms with Gasteiger partial charge in [0.05, 0.1) is 15.8 Å². The molecule has 0 spiro atoms. The standard InChI is InChI=1S/C29H12F4N4/c1-13-4-3-5-14(8-13)15-6-7-16-17-10-21-18(11-20(17)28(37-35-2)19(16)9-15)22-23(29(21)36-12-34)25(31)27(33)26(32)24(22)30/h3-11H,1H3/b36-29-,37-28+. The second-order valence-corrected chi connectivity index (χ2v) is 8.69. The Morgan fingerprint density at radius 1 is 0.703 bits per heavy atom. The predicted octanol–water partition coefficient (Wildman–Crippen LogP) is 6.82. The summed E-state index contributed by atoms with van der Waals surface area (Å²) in [6, 6.07) is 16.6. The molecule has 0 heterocycles. The largest absolute Gasteiger partial charge is 0.206 e. The second kappa shape index (κ2) is 7.97. The topological polar surface area (TPSA) is 52.9 Å². The Morgan fingerprint density at radius 3 is 2.05 bits per heavy atom. The van der Waals surface area contributed by atoms with E-state index in [1.54, 1.807) is 6.07 Å². The van der Waals surface area contributed by atoms with Gasteiger partial charge in [0.25, 0.3) is 0 Å². The lowest BCUT2D eigenvalue weighted by Crippen LogP contribution is -2.04. The summed E-state index contributed by atoms with van der Waals surface area (Å²) >= 11 is 0. The Hall–Kier alpha value is -5.08. The van der Waals surface area contributed by atoms with Crippen molar-refractivity contribution in [3.8, 4) is 17.3 Å². The third-order valence-corrected chi connectivity index (χ3v) is 6.67. The van der Waals surface area contributed by atoms with Gasteiger partial charge < -0.3 is 0 Å². The molecular formula is C29H12F4N4. The van der Waals surface area contributed by atoms with E-state index in [4.69, 9.17) is 6.57 Å². The first-order valence-corrected chi connectivity index (χ1v) is 11.0. The number of fused-ring (bicyclic) bond motifs is 6. The van der Waals surface area contributed by atoms with E-state index in [0.29, 0.717) is 26.9 Å². The van der Waals surface area contributed by atoms with Crippen LogP contribution in [-0.4, -0.2) is 0 Å². The maximum Gasteiger partial charge on any atom is 0.206 e. The average Bonchev–Trinajstić information content (AvgIpc) is 3.37. The highest BCUT2D eigenvalue weighted by molar-refractivity contribution is 6.21. The molecule has 6 rings (SSSR count). The monoisotopic (exact) mass is 492 g/mol. The van der Waals surface area contributed by atoms with Crippen LogP contribution in [0.2, 0.25) is 0 Å². The summed E-state index contributed by atoms with van der Waals surface area (Å²) in [4.78, 5) is 6.82. The Kier molecular flexibility index (Phi) is 4.82. The number of hydrogen-bond acceptors (Lipinski definition) is 3. The van der Waals surface area contributed by atoms with Gasteiger partial charge in [0.2, 0.25) is 6.19 Å². The van der Waals surface area contributed by atoms with E-state index >= 15 is 0 Å². The van der Waals surface area contributed by atoms with Crippen molar-refractivity contribution in [3.05, 3.63) is 106 Å². The molecule has 0 saturated carbocycles. The Bertz CT molecular complexity index is 2170. The zero-order valence-electron chi connectivity index (χ0n) is 19.0. The van der Waals surface area contributed by atoms with Crippen LogP contribution in [0.15, 0.2) is 64.7 Å². The minimum absolute atomic E-state index is 0.0300. The molecule has 0 fully saturated rings. The zero-order valence-corrected chi connectivity index (χ0v) is 19.0. The fraction of sp³-hybridized carbons (Fsp3) is 0.0345. The van der Waals surface area contributed by atoms with Gasteiger partial charge in [-0.3, -0.25) is 0 Å². The van der Waals surface area contributed by atoms with E-state index in [1.165, 1.54) is 12.3 Å². The van der Waals surface area contributed by atoms with Crippen LogP contribution in [0.3, 0.4) is 0 Å². The quantitative estimate of drug-likeness (QED) is 0.0620. The lowest BCUT2D eigenvalue weighted by atomic mass is 10.0. The smallest absolute Gasteiger partial charge is 0.203 e. The summed E-state index contributed by atoms with van der Waals surface area (Å²) in [6.07, 6.45) is 1.54. The zero-order chi connectivity index (χ0) is 26.0. The molecule has 0 amide bonds. The lowest BCUT2D eigenvalue weighted by Gasteiger charge is -2.03. The van der Waals surface area contributed by atoms with Crippen molar-refractivity contribution in [2.75, 3.05) is 0 Å². The number of nitrogens with zero attached hydrogens (tertiary/aromatic N) is 4. The number of halogens is 4. The Labute approximate surface area is 206 Å². The predicted molar refractivity (Wildman–Crippen MR) is 132 cm³/mol. The molecule has 0 atom stereocenters. The first-order valence-electron chi connectivity index (χ1n) is 11.0. The highest BCUT2D eigenvalue weighted by Gasteiger charge is 2.26. The molecule has 0 N–H and O–H groups in total. The van der Waals surface area contributed by atoms with Crippen molar-refractivity contribution in [1.29, 1.82) is 5.26 Å². The molecule has 8 heteroatoms. The van der Waals surface area contributed by atoms with Gasteiger partial charge in [-0.2, -0.15) is 16.8 Å². The maximum atomic E-state index is 15.0. The summed E-state index contributed by atoms with van der Waals surface area (Å²) in [7, 11) is 0. The molecule has 0 radical (unpaired) electrons. The van der Waals surface area contributed by atoms with E-state index in [-0.39, 0.29) is 16.1 Å². The third-order valence-electron chi connectivity index (χ3n) is 6.67. The van der Waals surface area contributed by atoms with Gasteiger partial charge in [0, 0.05) is 21.5 Å². The fourth-order valence-electron chi connectivity index (χ4n) is 5.11. The Morgan fingerprint density at radius 2 is 1.35 bits per heavy atom. The molecule has 6 aromatic carbocycles. The molecule has 0 aliphatic heterocycles. The van der Waals surface area contributed by atoms with Crippen LogP contribution in [0, 0.1) is 48.2 Å². The summed E-state index contributed by atoms with van der Waals surface area (Å²) in [5.41, 5.74) is 2.94. The van der Waals surface area contributed by atoms with E-state index < -0.39 is 34.0 Å². The first-order chi connectivity index (χ1) is 17.8. The molecular weight excluding hydrogens is 480 g/mol. The first kappa shape index (κ1) is 22.4. The van der Waals surface area contributed by atoms with Gasteiger partial charge in [-0.1, -0.05) is 42.0 Å². The molecule has 0 aromatic heterocycles. The Balaban J connectivity index is 1.83. The van der Waals surface area contributed by atoms with Crippen LogP contribution in [0.25, 0.3) is 59.2 Å². The van der Waals surface area contributed by atoms with Crippen molar-refractivity contribution in [2.45, 2.75) is 6.92 Å². The molecule has 6 aromatic rings. The number of hydrogen-bond donors (Lipinski definition) is 0. The molecule has 0 saturated heterocycles. The van der Waals surface area contributed by atoms with Gasteiger partial charge in [0.1, 0.15) is 0 Å². The van der Waals surface area contributed by atoms with Crippen molar-refractivity contribution in [2.24, 2.45) is 10.1 Å². The molecule has 0 aliphatic carbocycles. The van der Waals surface area contributed by atoms with Crippen molar-refractivity contribution >= 4 is 43.1 Å². The summed E-state index contributed by atoms with van der Waals surface area (Å²) < 4.78 is 58.1. The SMILES string of the molecule is [C-]#[N+]/N=c1\c2cc(-c3cccc(C)c3)ccc2c2cc3/c(=N/C#N)c4c(F)c(F)c(F)c(F)c4c3cc12. The normalized spacial score (nSPS) is 12.7. The summed E-state index contributed by atoms with van der Waals surface area (Å²) in [5, 5.41) is 14.7. The van der Waals surface area contributed by atoms with E-state index in [9.17, 15) is 22.8 Å². The van der Waals surface area contributed by atoms with E-state index in [2.05, 4.69) is 15.0 Å². The number of aryl methyl sites for hydroxylation is 1. The van der Waals surface area contributed by atoms with E-state index in [0.717, 1.165) is 16.7 Å². The van der Waals surface area contributed by atoms with Gasteiger partial charge in [0.15, 0.2) is 28.6 Å². The van der Waals surface area contributed by atoms with Crippen molar-refractivity contribution in [3.63, 3.8) is 0 Å². The van der Waals surface area contributed by atoms with Gasteiger partial charge >= 0.3 is 0 Å². The lowest BCUT2D eigenvalue weighted by molar-refractivity contribution is 0.418. The van der Waals surface area contributed by atoms with Crippen LogP contribution in [0.5, 0.6) is 0 Å². The van der Waals surface area contributed by atoms with Gasteiger partial charge in [-0.15, -0.1) is 4.95 Å². The van der Waals surface area contributed by atoms with Gasteiger partial charge in [-0.05, 0) is 52.4 Å². The number of benzene rings is 4. The van der Waals surface area contributed by atoms with Crippen LogP contribution in [0.1, 0.15) is 5.56 Å². The highest BCUT2D eigenvalue weighted by atomic mass is 19.2. The highest BCUT2D eigenvalue weighted by Crippen LogP contribution is 2.36. The minimum atomic E-state index is -1.98. The van der Waals surface area contributed by atoms with E-state index in [1.807, 2.05) is 49.4 Å². The number of nitriles is 1. The summed E-state index contributed by atoms with van der Waals surface area (Å²) in [5.74, 6) is -7.15. The van der Waals surface area contributed by atoms with Crippen LogP contribution < -0.4 is 10.7 Å². The van der Waals surface area contributed by atoms with Gasteiger partial charge in [-0.25, -0.2) is 17.6 Å². The molecule has 0 unspecified atom stereocenters. The minimum Gasteiger partial charge on any atom is -0.203 e. The van der Waals surface area contributed by atoms with Crippen LogP contribution in [0.4, 0.5) is 17.6 Å². The molecule has 176 valence electrons. The third kappa shape index (κ3) is 3.06. The average molecular weight is 492 g/mol. The molecule has 0 aliphatic rings. The number of rotatable bonds is 1. The maximum absolute atomic E-state index is 15.0.